The van der Waals surface area contributed by atoms with Crippen LogP contribution in [0, 0.1) is 12.8 Å². The first-order valence-electron chi connectivity index (χ1n) is 17.8. The van der Waals surface area contributed by atoms with Crippen LogP contribution >= 0.6 is 11.3 Å². The van der Waals surface area contributed by atoms with Gasteiger partial charge in [-0.05, 0) is 49.9 Å². The minimum atomic E-state index is -1.07. The van der Waals surface area contributed by atoms with Crippen molar-refractivity contribution in [2.75, 3.05) is 40.3 Å². The Hall–Kier alpha value is -5.64. The number of rotatable bonds is 5. The zero-order valence-corrected chi connectivity index (χ0v) is 32.2. The molecule has 286 valence electrons. The number of fused-ring (bicyclic) bond motifs is 3. The molecule has 2 bridgehead atoms. The van der Waals surface area contributed by atoms with Crippen molar-refractivity contribution in [2.45, 2.75) is 58.7 Å². The van der Waals surface area contributed by atoms with E-state index in [0.717, 1.165) is 16.5 Å². The summed E-state index contributed by atoms with van der Waals surface area (Å²) in [7, 11) is 3.00. The fourth-order valence-corrected chi connectivity index (χ4v) is 7.23. The van der Waals surface area contributed by atoms with Gasteiger partial charge >= 0.3 is 0 Å². The number of thiazole rings is 1. The molecule has 4 N–H and O–H groups in total. The van der Waals surface area contributed by atoms with Crippen LogP contribution in [-0.2, 0) is 25.6 Å². The second-order valence-corrected chi connectivity index (χ2v) is 14.9. The highest BCUT2D eigenvalue weighted by Crippen LogP contribution is 2.26. The second-order valence-electron chi connectivity index (χ2n) is 14.0. The molecule has 16 heteroatoms. The Morgan fingerprint density at radius 2 is 1.65 bits per heavy atom. The molecule has 5 rings (SSSR count). The molecule has 3 atom stereocenters. The van der Waals surface area contributed by atoms with Gasteiger partial charge < -0.3 is 35.6 Å². The van der Waals surface area contributed by atoms with Gasteiger partial charge in [0.2, 0.25) is 23.6 Å². The van der Waals surface area contributed by atoms with Crippen LogP contribution in [0.1, 0.15) is 70.3 Å². The number of H-pyrrole nitrogens is 1. The minimum Gasteiger partial charge on any atom is -0.361 e. The summed E-state index contributed by atoms with van der Waals surface area (Å²) < 4.78 is 0. The number of amides is 6. The van der Waals surface area contributed by atoms with Gasteiger partial charge in [0, 0.05) is 68.0 Å². The van der Waals surface area contributed by atoms with Crippen molar-refractivity contribution in [1.29, 1.82) is 0 Å². The first-order valence-corrected chi connectivity index (χ1v) is 18.7. The Balaban J connectivity index is 1.47. The minimum absolute atomic E-state index is 0.00890. The quantitative estimate of drug-likeness (QED) is 0.239. The van der Waals surface area contributed by atoms with Crippen LogP contribution in [0.25, 0.3) is 10.9 Å². The molecule has 0 saturated heterocycles. The van der Waals surface area contributed by atoms with E-state index >= 15 is 0 Å². The van der Waals surface area contributed by atoms with Crippen molar-refractivity contribution in [1.82, 2.24) is 45.6 Å². The van der Waals surface area contributed by atoms with E-state index < -0.39 is 53.6 Å². The number of carbonyl (C=O) groups excluding carboxylic acids is 6. The Bertz CT molecular complexity index is 2030. The van der Waals surface area contributed by atoms with Gasteiger partial charge in [0.1, 0.15) is 22.8 Å². The normalized spacial score (nSPS) is 20.1. The highest BCUT2D eigenvalue weighted by molar-refractivity contribution is 7.09. The zero-order chi connectivity index (χ0) is 39.1. The average Bonchev–Trinajstić information content (AvgIpc) is 3.79. The van der Waals surface area contributed by atoms with Gasteiger partial charge in [-0.3, -0.25) is 33.8 Å². The van der Waals surface area contributed by atoms with Crippen molar-refractivity contribution in [3.63, 3.8) is 0 Å². The lowest BCUT2D eigenvalue weighted by atomic mass is 10.0. The van der Waals surface area contributed by atoms with Crippen LogP contribution in [0.3, 0.4) is 0 Å². The maximum absolute atomic E-state index is 13.9. The van der Waals surface area contributed by atoms with Gasteiger partial charge in [-0.15, -0.1) is 11.3 Å². The zero-order valence-electron chi connectivity index (χ0n) is 31.3. The second kappa shape index (κ2) is 17.5. The summed E-state index contributed by atoms with van der Waals surface area (Å²) in [5.41, 5.74) is 2.54. The lowest BCUT2D eigenvalue weighted by molar-refractivity contribution is -0.138. The van der Waals surface area contributed by atoms with E-state index in [1.54, 1.807) is 43.9 Å². The molecule has 1 aliphatic heterocycles. The average molecular weight is 758 g/mol. The van der Waals surface area contributed by atoms with E-state index in [1.807, 2.05) is 38.1 Å². The van der Waals surface area contributed by atoms with Crippen molar-refractivity contribution in [3.05, 3.63) is 81.7 Å². The Morgan fingerprint density at radius 3 is 2.39 bits per heavy atom. The number of hydrogen-bond acceptors (Lipinski definition) is 9. The number of likely N-dealkylation sites (N-methyl/N-ethyl adjacent to an activating group) is 2. The van der Waals surface area contributed by atoms with Crippen LogP contribution in [0.15, 0.2) is 54.2 Å². The van der Waals surface area contributed by atoms with Crippen molar-refractivity contribution in [3.8, 4) is 0 Å². The molecule has 0 unspecified atom stereocenters. The van der Waals surface area contributed by atoms with Gasteiger partial charge in [0.05, 0.1) is 24.7 Å². The molecule has 54 heavy (non-hydrogen) atoms. The number of carbonyl (C=O) groups is 6. The third-order valence-corrected chi connectivity index (χ3v) is 10.2. The highest BCUT2D eigenvalue weighted by atomic mass is 32.1. The first-order chi connectivity index (χ1) is 25.7. The number of pyridine rings is 1. The maximum Gasteiger partial charge on any atom is 0.271 e. The summed E-state index contributed by atoms with van der Waals surface area (Å²) in [5, 5.41) is 11.5. The third kappa shape index (κ3) is 9.66. The van der Waals surface area contributed by atoms with E-state index in [1.165, 1.54) is 40.0 Å². The molecule has 0 spiro atoms. The van der Waals surface area contributed by atoms with Crippen LogP contribution in [0.4, 0.5) is 0 Å². The molecule has 0 saturated carbocycles. The fourth-order valence-electron chi connectivity index (χ4n) is 6.36. The summed E-state index contributed by atoms with van der Waals surface area (Å²) in [6.45, 7) is 6.60. The Kier molecular flexibility index (Phi) is 12.8. The van der Waals surface area contributed by atoms with Crippen LogP contribution < -0.4 is 16.0 Å². The van der Waals surface area contributed by atoms with Crippen molar-refractivity contribution in [2.24, 2.45) is 5.92 Å². The number of aryl methyl sites for hydroxylation is 1. The fraction of sp³-hybridized carbons (Fsp3) is 0.421. The molecular weight excluding hydrogens is 711 g/mol. The molecular formula is C38H47N9O6S. The summed E-state index contributed by atoms with van der Waals surface area (Å²) in [5.74, 6) is -2.87. The van der Waals surface area contributed by atoms with E-state index in [4.69, 9.17) is 0 Å². The van der Waals surface area contributed by atoms with Crippen LogP contribution in [0.2, 0.25) is 0 Å². The molecule has 4 aromatic rings. The summed E-state index contributed by atoms with van der Waals surface area (Å²) in [4.78, 5) is 97.7. The molecule has 15 nitrogen and oxygen atoms in total. The molecule has 1 aliphatic rings. The van der Waals surface area contributed by atoms with Crippen molar-refractivity contribution >= 4 is 57.7 Å². The number of nitrogens with zero attached hydrogens (tertiary/aromatic N) is 5. The van der Waals surface area contributed by atoms with E-state index in [0.29, 0.717) is 22.7 Å². The summed E-state index contributed by atoms with van der Waals surface area (Å²) >= 11 is 1.20. The molecule has 1 aromatic carbocycles. The predicted molar refractivity (Wildman–Crippen MR) is 203 cm³/mol. The monoisotopic (exact) mass is 757 g/mol. The van der Waals surface area contributed by atoms with Crippen LogP contribution in [0.5, 0.6) is 0 Å². The molecule has 0 radical (unpaired) electrons. The van der Waals surface area contributed by atoms with Gasteiger partial charge in [-0.25, -0.2) is 4.98 Å². The summed E-state index contributed by atoms with van der Waals surface area (Å²) in [6, 6.07) is 8.25. The number of aromatic nitrogens is 3. The lowest BCUT2D eigenvalue weighted by Gasteiger charge is -2.28. The van der Waals surface area contributed by atoms with E-state index in [2.05, 4.69) is 30.9 Å². The maximum atomic E-state index is 13.9. The number of para-hydroxylation sites is 1. The highest BCUT2D eigenvalue weighted by Gasteiger charge is 2.31. The standard InChI is InChI=1S/C38H47N9O6S/c1-22(2)16-29-35-44-31(21-54-35)34(50)43-30(17-25-18-40-28-12-8-7-10-27(25)28)38(53)46(6)19-32(48)41-24(4)36(51)45(5)14-15-47(20-33(49)42-29)37(52)26-11-9-13-39-23(26)3/h7-13,18,21-22,24,29-30,40H,14-17,19-20H2,1-6H3,(H,41,48)(H,42,49)(H,43,50)/t24-,29-,30+/m0/s1. The van der Waals surface area contributed by atoms with Gasteiger partial charge in [0.15, 0.2) is 0 Å². The molecule has 6 amide bonds. The van der Waals surface area contributed by atoms with Crippen LogP contribution in [-0.4, -0.2) is 117 Å². The lowest BCUT2D eigenvalue weighted by Crippen LogP contribution is -2.53. The molecule has 0 aliphatic carbocycles. The number of aromatic amines is 1. The number of hydrogen-bond donors (Lipinski definition) is 4. The predicted octanol–water partition coefficient (Wildman–Crippen LogP) is 2.45. The number of benzene rings is 1. The number of nitrogens with one attached hydrogen (secondary N) is 4. The topological polar surface area (TPSA) is 190 Å². The third-order valence-electron chi connectivity index (χ3n) is 9.24. The smallest absolute Gasteiger partial charge is 0.271 e. The first kappa shape index (κ1) is 39.6. The molecule has 4 heterocycles. The molecule has 0 fully saturated rings. The van der Waals surface area contributed by atoms with Gasteiger partial charge in [-0.1, -0.05) is 32.0 Å². The van der Waals surface area contributed by atoms with Crippen molar-refractivity contribution < 1.29 is 28.8 Å². The molecule has 3 aromatic heterocycles. The van der Waals surface area contributed by atoms with Gasteiger partial charge in [-0.2, -0.15) is 0 Å². The largest absolute Gasteiger partial charge is 0.361 e. The Labute approximate surface area is 317 Å². The van der Waals surface area contributed by atoms with E-state index in [9.17, 15) is 28.8 Å². The Morgan fingerprint density at radius 1 is 0.907 bits per heavy atom. The SMILES string of the molecule is Cc1ncccc1C(=O)N1CCN(C)C(=O)[C@H](C)NC(=O)CN(C)C(=O)[C@@H](Cc2c[nH]c3ccccc23)NC(=O)c2csc(n2)[C@H](CC(C)C)NC(=O)C1. The van der Waals surface area contributed by atoms with Gasteiger partial charge in [0.25, 0.3) is 11.8 Å². The summed E-state index contributed by atoms with van der Waals surface area (Å²) in [6.07, 6.45) is 3.98. The van der Waals surface area contributed by atoms with E-state index in [-0.39, 0.29) is 44.2 Å².